The van der Waals surface area contributed by atoms with E-state index in [-0.39, 0.29) is 134 Å². The molecule has 0 aliphatic rings. The van der Waals surface area contributed by atoms with Gasteiger partial charge in [0.05, 0.1) is 0 Å². The van der Waals surface area contributed by atoms with Crippen LogP contribution in [-0.2, 0) is 89.5 Å². The predicted octanol–water partition coefficient (Wildman–Crippen LogP) is 3.81. The first-order chi connectivity index (χ1) is 0. The molecule has 4 heteroatoms. The van der Waals surface area contributed by atoms with Gasteiger partial charge in [0.15, 0.2) is 0 Å². The van der Waals surface area contributed by atoms with Crippen LogP contribution in [0.5, 0.6) is 0 Å². The molecule has 0 aliphatic carbocycles. The summed E-state index contributed by atoms with van der Waals surface area (Å²) in [5, 5.41) is 0. The molecular formula is C6H24Ag4+2. The molecule has 0 fully saturated rings. The third-order valence-electron chi connectivity index (χ3n) is 0. The second kappa shape index (κ2) is 164. The van der Waals surface area contributed by atoms with Crippen LogP contribution in [0.4, 0.5) is 0 Å². The van der Waals surface area contributed by atoms with E-state index in [1.807, 2.05) is 0 Å². The van der Waals surface area contributed by atoms with Crippen molar-refractivity contribution in [3.05, 3.63) is 0 Å². The molecule has 0 nitrogen and oxygen atoms in total. The molecule has 10 heavy (non-hydrogen) atoms. The predicted molar refractivity (Wildman–Crippen MR) is 40.4 cm³/mol. The summed E-state index contributed by atoms with van der Waals surface area (Å²) in [5.74, 6) is 0. The van der Waals surface area contributed by atoms with Gasteiger partial charge >= 0.3 is 44.8 Å². The minimum atomic E-state index is 0. The summed E-state index contributed by atoms with van der Waals surface area (Å²) in [7, 11) is 0. The van der Waals surface area contributed by atoms with E-state index in [4.69, 9.17) is 0 Å². The van der Waals surface area contributed by atoms with E-state index in [1.165, 1.54) is 0 Å². The first kappa shape index (κ1) is 211. The molecule has 2 radical (unpaired) electrons. The molecule has 0 spiro atoms. The van der Waals surface area contributed by atoms with E-state index >= 15 is 0 Å². The van der Waals surface area contributed by atoms with Gasteiger partial charge in [-0.15, -0.1) is 0 Å². The average molecular weight is 528 g/mol. The SMILES string of the molecule is C.C.C.C.C.C.[Ag+].[Ag+].[Ag].[Ag]. The maximum atomic E-state index is 0. The van der Waals surface area contributed by atoms with Crippen molar-refractivity contribution in [2.75, 3.05) is 0 Å². The molecule has 0 atom stereocenters. The second-order valence-corrected chi connectivity index (χ2v) is 0. The van der Waals surface area contributed by atoms with Crippen molar-refractivity contribution in [2.45, 2.75) is 44.6 Å². The molecule has 0 heterocycles. The Labute approximate surface area is 132 Å². The Hall–Kier alpha value is 2.96. The van der Waals surface area contributed by atoms with Crippen molar-refractivity contribution in [1.29, 1.82) is 0 Å². The van der Waals surface area contributed by atoms with Crippen molar-refractivity contribution in [1.82, 2.24) is 0 Å². The Kier molecular flexibility index (Phi) is 3470. The molecule has 0 aromatic carbocycles. The maximum absolute atomic E-state index is 0. The standard InChI is InChI=1S/6CH4.4Ag/h6*1H4;;;;/q;;;;;;;;2*+1. The maximum Gasteiger partial charge on any atom is 1.00 e. The van der Waals surface area contributed by atoms with Gasteiger partial charge in [-0.2, -0.15) is 0 Å². The number of hydrogen-bond acceptors (Lipinski definition) is 0. The Morgan fingerprint density at radius 1 is 0.300 bits per heavy atom. The Bertz CT molecular complexity index is 9.71. The number of hydrogen-bond donors (Lipinski definition) is 0. The van der Waals surface area contributed by atoms with Crippen LogP contribution in [0.2, 0.25) is 0 Å². The summed E-state index contributed by atoms with van der Waals surface area (Å²) in [5.41, 5.74) is 0. The summed E-state index contributed by atoms with van der Waals surface area (Å²) in [6, 6.07) is 0. The molecule has 0 aromatic rings. The van der Waals surface area contributed by atoms with Gasteiger partial charge in [0.2, 0.25) is 0 Å². The van der Waals surface area contributed by atoms with Gasteiger partial charge in [0.1, 0.15) is 0 Å². The summed E-state index contributed by atoms with van der Waals surface area (Å²) >= 11 is 0. The monoisotopic (exact) mass is 524 g/mol. The fourth-order valence-corrected chi connectivity index (χ4v) is 0. The van der Waals surface area contributed by atoms with E-state index < -0.39 is 0 Å². The topological polar surface area (TPSA) is 0 Å². The fraction of sp³-hybridized carbons (Fsp3) is 1.00. The summed E-state index contributed by atoms with van der Waals surface area (Å²) < 4.78 is 0. The van der Waals surface area contributed by atoms with Crippen LogP contribution in [0.25, 0.3) is 0 Å². The zero-order chi connectivity index (χ0) is 0. The molecule has 90 valence electrons. The smallest absolute Gasteiger partial charge is 0.0776 e. The van der Waals surface area contributed by atoms with E-state index in [1.54, 1.807) is 0 Å². The van der Waals surface area contributed by atoms with E-state index in [0.29, 0.717) is 0 Å². The molecule has 0 unspecified atom stereocenters. The van der Waals surface area contributed by atoms with Crippen molar-refractivity contribution in [2.24, 2.45) is 0 Å². The van der Waals surface area contributed by atoms with Gasteiger partial charge in [-0.25, -0.2) is 0 Å². The Morgan fingerprint density at radius 2 is 0.300 bits per heavy atom. The van der Waals surface area contributed by atoms with Crippen molar-refractivity contribution < 1.29 is 89.5 Å². The van der Waals surface area contributed by atoms with Crippen molar-refractivity contribution in [3.63, 3.8) is 0 Å². The largest absolute Gasteiger partial charge is 1.00 e. The fourth-order valence-electron chi connectivity index (χ4n) is 0. The van der Waals surface area contributed by atoms with Crippen LogP contribution >= 0.6 is 0 Å². The zero-order valence-corrected chi connectivity index (χ0v) is 7.14. The first-order valence-corrected chi connectivity index (χ1v) is 0. The van der Waals surface area contributed by atoms with Gasteiger partial charge in [-0.1, -0.05) is 44.6 Å². The van der Waals surface area contributed by atoms with Crippen LogP contribution in [0.15, 0.2) is 0 Å². The molecule has 0 bridgehead atoms. The van der Waals surface area contributed by atoms with Gasteiger partial charge in [-0.05, 0) is 0 Å². The number of rotatable bonds is 0. The van der Waals surface area contributed by atoms with Gasteiger partial charge in [0.25, 0.3) is 0 Å². The van der Waals surface area contributed by atoms with Crippen LogP contribution in [0.1, 0.15) is 44.6 Å². The van der Waals surface area contributed by atoms with E-state index in [2.05, 4.69) is 0 Å². The van der Waals surface area contributed by atoms with Crippen molar-refractivity contribution in [3.8, 4) is 0 Å². The molecule has 0 saturated carbocycles. The minimum Gasteiger partial charge on any atom is -0.0776 e. The second-order valence-electron chi connectivity index (χ2n) is 0. The van der Waals surface area contributed by atoms with Crippen molar-refractivity contribution >= 4 is 0 Å². The Balaban J connectivity index is 0. The summed E-state index contributed by atoms with van der Waals surface area (Å²) in [6.07, 6.45) is 0. The van der Waals surface area contributed by atoms with Crippen LogP contribution in [0, 0.1) is 0 Å². The summed E-state index contributed by atoms with van der Waals surface area (Å²) in [6.45, 7) is 0. The zero-order valence-electron chi connectivity index (χ0n) is 1.21. The van der Waals surface area contributed by atoms with Gasteiger partial charge in [-0.3, -0.25) is 0 Å². The molecule has 0 N–H and O–H groups in total. The van der Waals surface area contributed by atoms with Crippen LogP contribution in [-0.4, -0.2) is 0 Å². The van der Waals surface area contributed by atoms with Gasteiger partial charge < -0.3 is 0 Å². The molecule has 0 amide bonds. The molecule has 0 aliphatic heterocycles. The van der Waals surface area contributed by atoms with Gasteiger partial charge in [0, 0.05) is 44.8 Å². The third-order valence-corrected chi connectivity index (χ3v) is 0. The van der Waals surface area contributed by atoms with E-state index in [9.17, 15) is 0 Å². The summed E-state index contributed by atoms with van der Waals surface area (Å²) in [4.78, 5) is 0. The van der Waals surface area contributed by atoms with E-state index in [0.717, 1.165) is 0 Å². The average Bonchev–Trinajstić information content (AvgIpc) is 0. The third kappa shape index (κ3) is 124. The van der Waals surface area contributed by atoms with Crippen LogP contribution in [0.3, 0.4) is 0 Å². The Morgan fingerprint density at radius 3 is 0.300 bits per heavy atom. The molecular weight excluding hydrogens is 504 g/mol. The first-order valence-electron chi connectivity index (χ1n) is 0. The molecule has 0 aromatic heterocycles. The molecule has 0 rings (SSSR count). The molecule has 0 saturated heterocycles. The van der Waals surface area contributed by atoms with Crippen LogP contribution < -0.4 is 0 Å². The minimum absolute atomic E-state index is 0. The quantitative estimate of drug-likeness (QED) is 0.421. The normalized spacial score (nSPS) is 0.